The lowest BCUT2D eigenvalue weighted by molar-refractivity contribution is 0.0730. The second-order valence-electron chi connectivity index (χ2n) is 3.58. The Kier molecular flexibility index (Phi) is 3.51. The van der Waals surface area contributed by atoms with E-state index in [1.54, 1.807) is 12.1 Å². The average Bonchev–Trinajstić information content (AvgIpc) is 2.39. The summed E-state index contributed by atoms with van der Waals surface area (Å²) in [5, 5.41) is 2.74. The number of nitroso groups, excluding NO2 is 1. The zero-order chi connectivity index (χ0) is 12.3. The van der Waals surface area contributed by atoms with Crippen LogP contribution in [0.2, 0.25) is 0 Å². The normalized spacial score (nSPS) is 17.9. The molecule has 0 spiro atoms. The van der Waals surface area contributed by atoms with E-state index in [4.69, 9.17) is 4.74 Å². The van der Waals surface area contributed by atoms with E-state index in [2.05, 4.69) is 5.18 Å². The molecule has 1 aromatic rings. The van der Waals surface area contributed by atoms with Gasteiger partial charge in [-0.3, -0.25) is 0 Å². The van der Waals surface area contributed by atoms with Gasteiger partial charge in [0.05, 0.1) is 13.2 Å². The van der Waals surface area contributed by atoms with E-state index in [-0.39, 0.29) is 10.6 Å². The first-order valence-electron chi connectivity index (χ1n) is 5.16. The lowest BCUT2D eigenvalue weighted by Gasteiger charge is -2.26. The molecule has 0 aliphatic carbocycles. The first-order chi connectivity index (χ1) is 8.16. The SMILES string of the molecule is O=Nc1ccccc1S(=O)(=O)N1CCOCC1. The molecule has 0 saturated carbocycles. The molecule has 92 valence electrons. The predicted octanol–water partition coefficient (Wildman–Crippen LogP) is 1.11. The third kappa shape index (κ3) is 2.36. The van der Waals surface area contributed by atoms with Crippen LogP contribution in [0, 0.1) is 4.91 Å². The van der Waals surface area contributed by atoms with E-state index < -0.39 is 10.0 Å². The van der Waals surface area contributed by atoms with E-state index >= 15 is 0 Å². The number of morpholine rings is 1. The topological polar surface area (TPSA) is 76.0 Å². The van der Waals surface area contributed by atoms with Gasteiger partial charge in [0, 0.05) is 13.1 Å². The van der Waals surface area contributed by atoms with Gasteiger partial charge in [0.25, 0.3) is 0 Å². The number of nitrogens with zero attached hydrogens (tertiary/aromatic N) is 2. The first-order valence-corrected chi connectivity index (χ1v) is 6.60. The number of sulfonamides is 1. The van der Waals surface area contributed by atoms with Crippen molar-refractivity contribution in [1.82, 2.24) is 4.31 Å². The number of hydrogen-bond donors (Lipinski definition) is 0. The van der Waals surface area contributed by atoms with E-state index in [9.17, 15) is 13.3 Å². The third-order valence-corrected chi connectivity index (χ3v) is 4.50. The molecule has 6 nitrogen and oxygen atoms in total. The summed E-state index contributed by atoms with van der Waals surface area (Å²) in [5.41, 5.74) is -0.0565. The number of hydrogen-bond acceptors (Lipinski definition) is 5. The number of benzene rings is 1. The fourth-order valence-corrected chi connectivity index (χ4v) is 3.20. The van der Waals surface area contributed by atoms with Crippen LogP contribution < -0.4 is 0 Å². The van der Waals surface area contributed by atoms with Crippen molar-refractivity contribution in [2.24, 2.45) is 5.18 Å². The van der Waals surface area contributed by atoms with Gasteiger partial charge in [-0.25, -0.2) is 8.42 Å². The van der Waals surface area contributed by atoms with Gasteiger partial charge in [-0.05, 0) is 17.3 Å². The van der Waals surface area contributed by atoms with Crippen molar-refractivity contribution in [1.29, 1.82) is 0 Å². The van der Waals surface area contributed by atoms with Crippen molar-refractivity contribution in [3.63, 3.8) is 0 Å². The van der Waals surface area contributed by atoms with Gasteiger partial charge in [0.15, 0.2) is 0 Å². The molecule has 2 rings (SSSR count). The van der Waals surface area contributed by atoms with Crippen molar-refractivity contribution in [3.05, 3.63) is 29.2 Å². The second-order valence-corrected chi connectivity index (χ2v) is 5.48. The van der Waals surface area contributed by atoms with Crippen LogP contribution in [0.1, 0.15) is 0 Å². The Labute approximate surface area is 99.2 Å². The lowest BCUT2D eigenvalue weighted by Crippen LogP contribution is -2.40. The van der Waals surface area contributed by atoms with E-state index in [0.717, 1.165) is 0 Å². The highest BCUT2D eigenvalue weighted by atomic mass is 32.2. The molecular weight excluding hydrogens is 244 g/mol. The Morgan fingerprint density at radius 1 is 1.18 bits per heavy atom. The lowest BCUT2D eigenvalue weighted by atomic mass is 10.3. The van der Waals surface area contributed by atoms with Gasteiger partial charge < -0.3 is 4.74 Å². The van der Waals surface area contributed by atoms with Crippen molar-refractivity contribution >= 4 is 15.7 Å². The molecule has 0 aromatic heterocycles. The maximum Gasteiger partial charge on any atom is 0.245 e. The Balaban J connectivity index is 2.40. The Morgan fingerprint density at radius 2 is 1.82 bits per heavy atom. The summed E-state index contributed by atoms with van der Waals surface area (Å²) in [4.78, 5) is 10.6. The first kappa shape index (κ1) is 12.2. The highest BCUT2D eigenvalue weighted by Crippen LogP contribution is 2.26. The second kappa shape index (κ2) is 4.91. The molecule has 0 N–H and O–H groups in total. The number of ether oxygens (including phenoxy) is 1. The van der Waals surface area contributed by atoms with Gasteiger partial charge in [0.1, 0.15) is 10.6 Å². The van der Waals surface area contributed by atoms with Crippen LogP contribution in [0.25, 0.3) is 0 Å². The minimum absolute atomic E-state index is 0.0445. The van der Waals surface area contributed by atoms with Gasteiger partial charge in [0.2, 0.25) is 10.0 Å². The fourth-order valence-electron chi connectivity index (χ4n) is 1.68. The summed E-state index contributed by atoms with van der Waals surface area (Å²) in [7, 11) is -3.65. The van der Waals surface area contributed by atoms with Gasteiger partial charge in [-0.2, -0.15) is 4.31 Å². The van der Waals surface area contributed by atoms with Crippen molar-refractivity contribution in [2.45, 2.75) is 4.90 Å². The molecule has 1 fully saturated rings. The van der Waals surface area contributed by atoms with Gasteiger partial charge >= 0.3 is 0 Å². The van der Waals surface area contributed by atoms with Crippen LogP contribution >= 0.6 is 0 Å². The summed E-state index contributed by atoms with van der Waals surface area (Å²) in [6.45, 7) is 1.34. The summed E-state index contributed by atoms with van der Waals surface area (Å²) >= 11 is 0. The molecule has 7 heteroatoms. The van der Waals surface area contributed by atoms with Crippen molar-refractivity contribution < 1.29 is 13.2 Å². The largest absolute Gasteiger partial charge is 0.379 e. The minimum Gasteiger partial charge on any atom is -0.379 e. The summed E-state index contributed by atoms with van der Waals surface area (Å²) in [5.74, 6) is 0. The highest BCUT2D eigenvalue weighted by Gasteiger charge is 2.28. The number of rotatable bonds is 3. The van der Waals surface area contributed by atoms with Crippen LogP contribution in [0.3, 0.4) is 0 Å². The quantitative estimate of drug-likeness (QED) is 0.759. The molecule has 1 heterocycles. The Morgan fingerprint density at radius 3 is 2.47 bits per heavy atom. The van der Waals surface area contributed by atoms with Crippen LogP contribution in [0.5, 0.6) is 0 Å². The summed E-state index contributed by atoms with van der Waals surface area (Å²) < 4.78 is 30.9. The molecule has 0 unspecified atom stereocenters. The fraction of sp³-hybridized carbons (Fsp3) is 0.400. The molecule has 1 aliphatic rings. The molecule has 1 saturated heterocycles. The van der Waals surface area contributed by atoms with E-state index in [0.29, 0.717) is 26.3 Å². The Bertz CT molecular complexity index is 509. The highest BCUT2D eigenvalue weighted by molar-refractivity contribution is 7.89. The monoisotopic (exact) mass is 256 g/mol. The zero-order valence-corrected chi connectivity index (χ0v) is 9.89. The molecule has 0 radical (unpaired) electrons. The molecule has 0 atom stereocenters. The molecule has 1 aliphatic heterocycles. The maximum absolute atomic E-state index is 12.2. The Hall–Kier alpha value is -1.31. The van der Waals surface area contributed by atoms with Crippen LogP contribution in [0.15, 0.2) is 34.3 Å². The zero-order valence-electron chi connectivity index (χ0n) is 9.07. The van der Waals surface area contributed by atoms with Crippen LogP contribution in [0.4, 0.5) is 5.69 Å². The van der Waals surface area contributed by atoms with E-state index in [1.165, 1.54) is 16.4 Å². The van der Waals surface area contributed by atoms with Crippen LogP contribution in [-0.4, -0.2) is 39.0 Å². The van der Waals surface area contributed by atoms with Crippen molar-refractivity contribution in [2.75, 3.05) is 26.3 Å². The molecule has 0 bridgehead atoms. The molecule has 17 heavy (non-hydrogen) atoms. The van der Waals surface area contributed by atoms with Gasteiger partial charge in [-0.15, -0.1) is 4.91 Å². The molecular formula is C10H12N2O4S. The predicted molar refractivity (Wildman–Crippen MR) is 61.5 cm³/mol. The van der Waals surface area contributed by atoms with Crippen molar-refractivity contribution in [3.8, 4) is 0 Å². The van der Waals surface area contributed by atoms with Gasteiger partial charge in [-0.1, -0.05) is 12.1 Å². The van der Waals surface area contributed by atoms with Crippen LogP contribution in [-0.2, 0) is 14.8 Å². The van der Waals surface area contributed by atoms with E-state index in [1.807, 2.05) is 0 Å². The minimum atomic E-state index is -3.65. The third-order valence-electron chi connectivity index (χ3n) is 2.55. The smallest absolute Gasteiger partial charge is 0.245 e. The average molecular weight is 256 g/mol. The summed E-state index contributed by atoms with van der Waals surface area (Å²) in [6.07, 6.45) is 0. The molecule has 0 amide bonds. The molecule has 1 aromatic carbocycles. The maximum atomic E-state index is 12.2. The summed E-state index contributed by atoms with van der Waals surface area (Å²) in [6, 6.07) is 5.93. The standard InChI is InChI=1S/C10H12N2O4S/c13-11-9-3-1-2-4-10(9)17(14,15)12-5-7-16-8-6-12/h1-4H,5-8H2.